The SMILES string of the molecule is NC(=O)c1ccccc1N1C(=O)/C(=C\C=C\c2ccco2)SC1=S. The summed E-state index contributed by atoms with van der Waals surface area (Å²) in [4.78, 5) is 26.0. The van der Waals surface area contributed by atoms with E-state index in [0.29, 0.717) is 20.7 Å². The summed E-state index contributed by atoms with van der Waals surface area (Å²) in [5.74, 6) is -0.218. The maximum atomic E-state index is 12.6. The predicted octanol–water partition coefficient (Wildman–Crippen LogP) is 3.34. The number of hydrogen-bond donors (Lipinski definition) is 1. The summed E-state index contributed by atoms with van der Waals surface area (Å²) in [5.41, 5.74) is 6.02. The van der Waals surface area contributed by atoms with E-state index in [0.717, 1.165) is 0 Å². The lowest BCUT2D eigenvalue weighted by atomic mass is 10.1. The van der Waals surface area contributed by atoms with Gasteiger partial charge in [0, 0.05) is 0 Å². The quantitative estimate of drug-likeness (QED) is 0.672. The van der Waals surface area contributed by atoms with Crippen LogP contribution >= 0.6 is 24.0 Å². The molecule has 5 nitrogen and oxygen atoms in total. The van der Waals surface area contributed by atoms with E-state index in [2.05, 4.69) is 0 Å². The molecule has 1 fully saturated rings. The molecule has 0 unspecified atom stereocenters. The normalized spacial score (nSPS) is 16.5. The molecule has 2 amide bonds. The van der Waals surface area contributed by atoms with Crippen molar-refractivity contribution in [2.75, 3.05) is 4.90 Å². The van der Waals surface area contributed by atoms with E-state index in [1.54, 1.807) is 60.9 Å². The van der Waals surface area contributed by atoms with Crippen LogP contribution in [0.5, 0.6) is 0 Å². The molecule has 1 saturated heterocycles. The van der Waals surface area contributed by atoms with Crippen molar-refractivity contribution in [1.82, 2.24) is 0 Å². The summed E-state index contributed by atoms with van der Waals surface area (Å²) in [6.45, 7) is 0. The van der Waals surface area contributed by atoms with Crippen LogP contribution in [-0.4, -0.2) is 16.1 Å². The first kappa shape index (κ1) is 16.2. The molecule has 1 aromatic heterocycles. The average molecular weight is 356 g/mol. The van der Waals surface area contributed by atoms with Crippen molar-refractivity contribution in [3.63, 3.8) is 0 Å². The molecule has 120 valence electrons. The third kappa shape index (κ3) is 3.17. The van der Waals surface area contributed by atoms with E-state index in [-0.39, 0.29) is 11.5 Å². The molecule has 1 aliphatic heterocycles. The first-order valence-corrected chi connectivity index (χ1v) is 8.17. The summed E-state index contributed by atoms with van der Waals surface area (Å²) in [6, 6.07) is 10.2. The number of rotatable bonds is 4. The smallest absolute Gasteiger partial charge is 0.270 e. The highest BCUT2D eigenvalue weighted by Crippen LogP contribution is 2.36. The number of allylic oxidation sites excluding steroid dienone is 2. The Morgan fingerprint density at radius 3 is 2.75 bits per heavy atom. The molecule has 0 bridgehead atoms. The Kier molecular flexibility index (Phi) is 4.64. The zero-order valence-electron chi connectivity index (χ0n) is 12.3. The van der Waals surface area contributed by atoms with E-state index in [4.69, 9.17) is 22.4 Å². The van der Waals surface area contributed by atoms with Crippen LogP contribution in [0.3, 0.4) is 0 Å². The van der Waals surface area contributed by atoms with Gasteiger partial charge >= 0.3 is 0 Å². The van der Waals surface area contributed by atoms with Gasteiger partial charge in [-0.25, -0.2) is 0 Å². The Bertz CT molecular complexity index is 870. The summed E-state index contributed by atoms with van der Waals surface area (Å²) in [7, 11) is 0. The fourth-order valence-corrected chi connectivity index (χ4v) is 3.42. The number of primary amides is 1. The largest absolute Gasteiger partial charge is 0.465 e. The van der Waals surface area contributed by atoms with Gasteiger partial charge in [0.2, 0.25) is 0 Å². The van der Waals surface area contributed by atoms with Crippen LogP contribution in [-0.2, 0) is 4.79 Å². The van der Waals surface area contributed by atoms with Gasteiger partial charge in [-0.3, -0.25) is 14.5 Å². The van der Waals surface area contributed by atoms with Crippen molar-refractivity contribution in [3.8, 4) is 0 Å². The molecule has 0 saturated carbocycles. The molecule has 1 aliphatic rings. The number of carbonyl (C=O) groups excluding carboxylic acids is 2. The first-order valence-electron chi connectivity index (χ1n) is 6.95. The number of amides is 2. The Labute approximate surface area is 147 Å². The Hall–Kier alpha value is -2.64. The summed E-state index contributed by atoms with van der Waals surface area (Å²) in [6.07, 6.45) is 6.68. The molecule has 0 atom stereocenters. The lowest BCUT2D eigenvalue weighted by Crippen LogP contribution is -2.30. The van der Waals surface area contributed by atoms with Crippen molar-refractivity contribution in [2.24, 2.45) is 5.73 Å². The minimum Gasteiger partial charge on any atom is -0.465 e. The molecule has 0 radical (unpaired) electrons. The molecular weight excluding hydrogens is 344 g/mol. The van der Waals surface area contributed by atoms with E-state index in [9.17, 15) is 9.59 Å². The molecular formula is C17H12N2O3S2. The van der Waals surface area contributed by atoms with E-state index in [1.165, 1.54) is 16.7 Å². The number of nitrogens with zero attached hydrogens (tertiary/aromatic N) is 1. The van der Waals surface area contributed by atoms with Crippen LogP contribution < -0.4 is 10.6 Å². The van der Waals surface area contributed by atoms with Gasteiger partial charge in [0.15, 0.2) is 4.32 Å². The number of thioether (sulfide) groups is 1. The van der Waals surface area contributed by atoms with Gasteiger partial charge in [-0.05, 0) is 36.4 Å². The molecule has 1 aromatic carbocycles. The minimum atomic E-state index is -0.610. The number of hydrogen-bond acceptors (Lipinski definition) is 5. The minimum absolute atomic E-state index is 0.251. The monoisotopic (exact) mass is 356 g/mol. The maximum absolute atomic E-state index is 12.6. The van der Waals surface area contributed by atoms with Crippen molar-refractivity contribution >= 4 is 51.9 Å². The van der Waals surface area contributed by atoms with Gasteiger partial charge in [0.1, 0.15) is 5.76 Å². The van der Waals surface area contributed by atoms with Crippen molar-refractivity contribution < 1.29 is 14.0 Å². The molecule has 2 N–H and O–H groups in total. The van der Waals surface area contributed by atoms with Crippen LogP contribution in [0.1, 0.15) is 16.1 Å². The molecule has 0 spiro atoms. The van der Waals surface area contributed by atoms with Gasteiger partial charge in [-0.2, -0.15) is 0 Å². The Balaban J connectivity index is 1.89. The second-order valence-electron chi connectivity index (χ2n) is 4.80. The van der Waals surface area contributed by atoms with Gasteiger partial charge in [-0.15, -0.1) is 0 Å². The highest BCUT2D eigenvalue weighted by Gasteiger charge is 2.34. The second kappa shape index (κ2) is 6.86. The summed E-state index contributed by atoms with van der Waals surface area (Å²) >= 11 is 6.45. The fourth-order valence-electron chi connectivity index (χ4n) is 2.18. The number of nitrogens with two attached hydrogens (primary N) is 1. The fraction of sp³-hybridized carbons (Fsp3) is 0. The zero-order valence-corrected chi connectivity index (χ0v) is 14.0. The number of para-hydroxylation sites is 1. The van der Waals surface area contributed by atoms with E-state index < -0.39 is 5.91 Å². The molecule has 7 heteroatoms. The zero-order chi connectivity index (χ0) is 17.1. The number of thiocarbonyl (C=S) groups is 1. The van der Waals surface area contributed by atoms with Crippen molar-refractivity contribution in [3.05, 3.63) is 71.0 Å². The molecule has 0 aliphatic carbocycles. The van der Waals surface area contributed by atoms with Crippen LogP contribution in [0, 0.1) is 0 Å². The van der Waals surface area contributed by atoms with Gasteiger partial charge in [0.05, 0.1) is 22.4 Å². The second-order valence-corrected chi connectivity index (χ2v) is 6.47. The van der Waals surface area contributed by atoms with Gasteiger partial charge in [0.25, 0.3) is 11.8 Å². The summed E-state index contributed by atoms with van der Waals surface area (Å²) in [5, 5.41) is 0. The molecule has 2 heterocycles. The van der Waals surface area contributed by atoms with Crippen LogP contribution in [0.25, 0.3) is 6.08 Å². The van der Waals surface area contributed by atoms with Gasteiger partial charge < -0.3 is 10.2 Å². The Morgan fingerprint density at radius 1 is 1.25 bits per heavy atom. The maximum Gasteiger partial charge on any atom is 0.270 e. The average Bonchev–Trinajstić information content (AvgIpc) is 3.16. The predicted molar refractivity (Wildman–Crippen MR) is 98.5 cm³/mol. The number of benzene rings is 1. The highest BCUT2D eigenvalue weighted by molar-refractivity contribution is 8.27. The number of carbonyl (C=O) groups is 2. The number of anilines is 1. The topological polar surface area (TPSA) is 76.5 Å². The standard InChI is InChI=1S/C17H12N2O3S2/c18-15(20)12-7-1-2-8-13(12)19-16(21)14(24-17(19)23)9-3-5-11-6-4-10-22-11/h1-10H,(H2,18,20)/b5-3+,14-9+. The third-order valence-electron chi connectivity index (χ3n) is 3.26. The Morgan fingerprint density at radius 2 is 2.04 bits per heavy atom. The molecule has 24 heavy (non-hydrogen) atoms. The highest BCUT2D eigenvalue weighted by atomic mass is 32.2. The molecule has 3 rings (SSSR count). The van der Waals surface area contributed by atoms with Crippen LogP contribution in [0.4, 0.5) is 5.69 Å². The first-order chi connectivity index (χ1) is 11.6. The lowest BCUT2D eigenvalue weighted by molar-refractivity contribution is -0.113. The van der Waals surface area contributed by atoms with Gasteiger partial charge in [-0.1, -0.05) is 42.2 Å². The van der Waals surface area contributed by atoms with Crippen molar-refractivity contribution in [2.45, 2.75) is 0 Å². The van der Waals surface area contributed by atoms with E-state index >= 15 is 0 Å². The van der Waals surface area contributed by atoms with Crippen LogP contribution in [0.15, 0.2) is 64.1 Å². The van der Waals surface area contributed by atoms with Crippen LogP contribution in [0.2, 0.25) is 0 Å². The van der Waals surface area contributed by atoms with E-state index in [1.807, 2.05) is 0 Å². The molecule has 2 aromatic rings. The number of furan rings is 1. The van der Waals surface area contributed by atoms with Crippen molar-refractivity contribution in [1.29, 1.82) is 0 Å². The lowest BCUT2D eigenvalue weighted by Gasteiger charge is -2.17. The summed E-state index contributed by atoms with van der Waals surface area (Å²) < 4.78 is 5.54. The third-order valence-corrected chi connectivity index (χ3v) is 4.58.